The number of nitrogens with zero attached hydrogens (tertiary/aromatic N) is 1. The number of nitrogens with one attached hydrogen (secondary N) is 3. The van der Waals surface area contributed by atoms with Crippen molar-refractivity contribution in [1.82, 2.24) is 21.1 Å². The summed E-state index contributed by atoms with van der Waals surface area (Å²) in [5.41, 5.74) is 7.29. The summed E-state index contributed by atoms with van der Waals surface area (Å²) in [5.74, 6) is 0.0217. The van der Waals surface area contributed by atoms with Crippen molar-refractivity contribution in [3.63, 3.8) is 0 Å². The smallest absolute Gasteiger partial charge is 0.241 e. The molecule has 1 aromatic rings. The van der Waals surface area contributed by atoms with Crippen LogP contribution < -0.4 is 16.2 Å². The monoisotopic (exact) mass is 398 g/mol. The van der Waals surface area contributed by atoms with E-state index < -0.39 is 0 Å². The molecule has 0 spiro atoms. The Morgan fingerprint density at radius 3 is 2.96 bits per heavy atom. The second-order valence-electron chi connectivity index (χ2n) is 7.51. The maximum absolute atomic E-state index is 13.6. The lowest BCUT2D eigenvalue weighted by Crippen LogP contribution is -2.51. The molecule has 4 atom stereocenters. The number of hydrogen-bond acceptors (Lipinski definition) is 5. The van der Waals surface area contributed by atoms with Crippen LogP contribution in [-0.2, 0) is 16.1 Å². The van der Waals surface area contributed by atoms with Gasteiger partial charge < -0.3 is 15.0 Å². The van der Waals surface area contributed by atoms with Gasteiger partial charge >= 0.3 is 0 Å². The Morgan fingerprint density at radius 2 is 2.19 bits per heavy atom. The third-order valence-corrected chi connectivity index (χ3v) is 5.67. The van der Waals surface area contributed by atoms with Crippen molar-refractivity contribution in [3.05, 3.63) is 35.6 Å². The molecule has 1 amide bonds. The molecule has 3 heterocycles. The summed E-state index contributed by atoms with van der Waals surface area (Å²) in [6.45, 7) is 3.51. The molecule has 3 N–H and O–H groups in total. The standard InChI is InChI=1S/C19H27FN4O2.ClH/c20-14-4-1-3-13(9-14)11-24(12-15-5-2-8-26-15)19(25)18-16-10-21-7-6-17(16)22-23-18;/h1,3-4,9,15-18,21-23H,2,5-8,10-12H2;1H. The molecule has 27 heavy (non-hydrogen) atoms. The first-order valence-electron chi connectivity index (χ1n) is 9.57. The molecule has 4 unspecified atom stereocenters. The van der Waals surface area contributed by atoms with Gasteiger partial charge in [-0.25, -0.2) is 9.82 Å². The summed E-state index contributed by atoms with van der Waals surface area (Å²) in [6, 6.07) is 6.55. The number of carbonyl (C=O) groups excluding carboxylic acids is 1. The zero-order valence-electron chi connectivity index (χ0n) is 15.3. The van der Waals surface area contributed by atoms with Crippen LogP contribution in [0.4, 0.5) is 4.39 Å². The van der Waals surface area contributed by atoms with Crippen LogP contribution in [0.3, 0.4) is 0 Å². The lowest BCUT2D eigenvalue weighted by atomic mass is 9.88. The highest BCUT2D eigenvalue weighted by atomic mass is 35.5. The predicted molar refractivity (Wildman–Crippen MR) is 103 cm³/mol. The fourth-order valence-corrected chi connectivity index (χ4v) is 4.28. The van der Waals surface area contributed by atoms with Crippen molar-refractivity contribution in [2.45, 2.75) is 44.0 Å². The molecule has 3 saturated heterocycles. The SMILES string of the molecule is Cl.O=C(C1NNC2CCNCC21)N(Cc1cccc(F)c1)CC1CCCO1. The van der Waals surface area contributed by atoms with E-state index in [9.17, 15) is 9.18 Å². The number of ether oxygens (including phenoxy) is 1. The Labute approximate surface area is 165 Å². The van der Waals surface area contributed by atoms with Crippen LogP contribution in [0, 0.1) is 11.7 Å². The number of rotatable bonds is 5. The molecule has 8 heteroatoms. The van der Waals surface area contributed by atoms with Crippen LogP contribution in [0.5, 0.6) is 0 Å². The van der Waals surface area contributed by atoms with E-state index in [0.717, 1.165) is 44.5 Å². The first kappa shape index (κ1) is 20.5. The zero-order chi connectivity index (χ0) is 17.9. The van der Waals surface area contributed by atoms with Gasteiger partial charge in [-0.3, -0.25) is 10.2 Å². The number of halogens is 2. The van der Waals surface area contributed by atoms with Gasteiger partial charge in [0.25, 0.3) is 0 Å². The average molecular weight is 399 g/mol. The summed E-state index contributed by atoms with van der Waals surface area (Å²) < 4.78 is 19.3. The van der Waals surface area contributed by atoms with Crippen molar-refractivity contribution < 1.29 is 13.9 Å². The van der Waals surface area contributed by atoms with Crippen LogP contribution in [0.25, 0.3) is 0 Å². The van der Waals surface area contributed by atoms with Gasteiger partial charge in [-0.1, -0.05) is 12.1 Å². The highest BCUT2D eigenvalue weighted by molar-refractivity contribution is 5.85. The lowest BCUT2D eigenvalue weighted by molar-refractivity contribution is -0.136. The minimum absolute atomic E-state index is 0. The predicted octanol–water partition coefficient (Wildman–Crippen LogP) is 1.21. The Morgan fingerprint density at radius 1 is 1.30 bits per heavy atom. The minimum Gasteiger partial charge on any atom is -0.376 e. The van der Waals surface area contributed by atoms with E-state index in [1.165, 1.54) is 12.1 Å². The lowest BCUT2D eigenvalue weighted by Gasteiger charge is -2.32. The van der Waals surface area contributed by atoms with Crippen LogP contribution in [0.15, 0.2) is 24.3 Å². The van der Waals surface area contributed by atoms with Crippen molar-refractivity contribution in [2.75, 3.05) is 26.2 Å². The molecule has 3 aliphatic rings. The van der Waals surface area contributed by atoms with E-state index >= 15 is 0 Å². The summed E-state index contributed by atoms with van der Waals surface area (Å²) in [7, 11) is 0. The summed E-state index contributed by atoms with van der Waals surface area (Å²) in [4.78, 5) is 15.2. The molecule has 0 aliphatic carbocycles. The molecule has 0 aromatic heterocycles. The molecule has 6 nitrogen and oxygen atoms in total. The topological polar surface area (TPSA) is 65.6 Å². The molecule has 3 fully saturated rings. The molecular weight excluding hydrogens is 371 g/mol. The fourth-order valence-electron chi connectivity index (χ4n) is 4.28. The van der Waals surface area contributed by atoms with Gasteiger partial charge in [0.2, 0.25) is 5.91 Å². The number of hydrazine groups is 1. The Bertz CT molecular complexity index is 644. The quantitative estimate of drug-likeness (QED) is 0.695. The van der Waals surface area contributed by atoms with Gasteiger partial charge in [-0.2, -0.15) is 0 Å². The van der Waals surface area contributed by atoms with E-state index in [1.807, 2.05) is 11.0 Å². The molecule has 0 bridgehead atoms. The maximum atomic E-state index is 13.6. The number of carbonyl (C=O) groups is 1. The first-order valence-corrected chi connectivity index (χ1v) is 9.57. The van der Waals surface area contributed by atoms with Gasteiger partial charge in [-0.05, 0) is 43.5 Å². The largest absolute Gasteiger partial charge is 0.376 e. The second-order valence-corrected chi connectivity index (χ2v) is 7.51. The Kier molecular flexibility index (Phi) is 7.05. The van der Waals surface area contributed by atoms with Gasteiger partial charge in [0, 0.05) is 38.2 Å². The molecule has 0 radical (unpaired) electrons. The molecule has 1 aromatic carbocycles. The van der Waals surface area contributed by atoms with E-state index in [2.05, 4.69) is 16.2 Å². The normalized spacial score (nSPS) is 29.8. The highest BCUT2D eigenvalue weighted by Crippen LogP contribution is 2.23. The summed E-state index contributed by atoms with van der Waals surface area (Å²) >= 11 is 0. The van der Waals surface area contributed by atoms with E-state index in [4.69, 9.17) is 4.74 Å². The summed E-state index contributed by atoms with van der Waals surface area (Å²) in [5, 5.41) is 3.39. The van der Waals surface area contributed by atoms with Crippen LogP contribution in [0.2, 0.25) is 0 Å². The third-order valence-electron chi connectivity index (χ3n) is 5.67. The second kappa shape index (κ2) is 9.30. The minimum atomic E-state index is -0.274. The fraction of sp³-hybridized carbons (Fsp3) is 0.632. The number of hydrogen-bond donors (Lipinski definition) is 3. The van der Waals surface area contributed by atoms with Gasteiger partial charge in [0.05, 0.1) is 6.10 Å². The number of fused-ring (bicyclic) bond motifs is 1. The Balaban J connectivity index is 0.00000210. The average Bonchev–Trinajstić information content (AvgIpc) is 3.30. The first-order chi connectivity index (χ1) is 12.7. The van der Waals surface area contributed by atoms with Crippen molar-refractivity contribution in [2.24, 2.45) is 5.92 Å². The van der Waals surface area contributed by atoms with Crippen molar-refractivity contribution in [1.29, 1.82) is 0 Å². The maximum Gasteiger partial charge on any atom is 0.241 e. The molecule has 4 rings (SSSR count). The van der Waals surface area contributed by atoms with Crippen LogP contribution >= 0.6 is 12.4 Å². The summed E-state index contributed by atoms with van der Waals surface area (Å²) in [6.07, 6.45) is 3.08. The van der Waals surface area contributed by atoms with Gasteiger partial charge in [0.15, 0.2) is 0 Å². The number of piperidine rings is 1. The van der Waals surface area contributed by atoms with Crippen LogP contribution in [-0.4, -0.2) is 55.2 Å². The van der Waals surface area contributed by atoms with Crippen molar-refractivity contribution >= 4 is 18.3 Å². The van der Waals surface area contributed by atoms with Crippen LogP contribution in [0.1, 0.15) is 24.8 Å². The zero-order valence-corrected chi connectivity index (χ0v) is 16.1. The van der Waals surface area contributed by atoms with Crippen molar-refractivity contribution in [3.8, 4) is 0 Å². The van der Waals surface area contributed by atoms with E-state index in [1.54, 1.807) is 6.07 Å². The molecular formula is C19H28ClFN4O2. The van der Waals surface area contributed by atoms with E-state index in [-0.39, 0.29) is 42.2 Å². The highest BCUT2D eigenvalue weighted by Gasteiger charge is 2.43. The van der Waals surface area contributed by atoms with E-state index in [0.29, 0.717) is 19.1 Å². The molecule has 3 aliphatic heterocycles. The third kappa shape index (κ3) is 4.78. The number of benzene rings is 1. The molecule has 150 valence electrons. The Hall–Kier alpha value is -1.25. The molecule has 0 saturated carbocycles. The number of amides is 1. The van der Waals surface area contributed by atoms with Gasteiger partial charge in [0.1, 0.15) is 11.9 Å². The van der Waals surface area contributed by atoms with Gasteiger partial charge in [-0.15, -0.1) is 12.4 Å².